The summed E-state index contributed by atoms with van der Waals surface area (Å²) >= 11 is 0. The third kappa shape index (κ3) is 5.35. The molecule has 0 radical (unpaired) electrons. The van der Waals surface area contributed by atoms with Crippen LogP contribution in [0.4, 0.5) is 22.7 Å². The highest BCUT2D eigenvalue weighted by atomic mass is 16.1. The molecule has 0 saturated carbocycles. The summed E-state index contributed by atoms with van der Waals surface area (Å²) in [4.78, 5) is 19.1. The Morgan fingerprint density at radius 3 is 2.14 bits per heavy atom. The highest BCUT2D eigenvalue weighted by Gasteiger charge is 2.09. The van der Waals surface area contributed by atoms with Gasteiger partial charge in [-0.15, -0.1) is 0 Å². The van der Waals surface area contributed by atoms with Crippen LogP contribution in [0.15, 0.2) is 60.9 Å². The van der Waals surface area contributed by atoms with Crippen molar-refractivity contribution in [3.05, 3.63) is 77.6 Å². The first-order valence-electron chi connectivity index (χ1n) is 9.95. The molecule has 0 unspecified atom stereocenters. The topological polar surface area (TPSA) is 57.3 Å². The molecule has 0 fully saturated rings. The van der Waals surface area contributed by atoms with E-state index in [1.54, 1.807) is 12.4 Å². The molecule has 5 heteroatoms. The van der Waals surface area contributed by atoms with E-state index >= 15 is 0 Å². The molecule has 1 heterocycles. The molecule has 0 aliphatic rings. The standard InChI is InChI=1S/C24H28N4O/c1-5-28(6-2)23-9-7-20(8-10-23)27-24(29)19-14-22(16-25-15-19)26-21-12-17(3)11-18(4)13-21/h7-16,26H,5-6H2,1-4H3,(H,27,29). The van der Waals surface area contributed by atoms with Crippen LogP contribution in [0.25, 0.3) is 0 Å². The molecule has 2 N–H and O–H groups in total. The third-order valence-corrected chi connectivity index (χ3v) is 4.76. The molecular weight excluding hydrogens is 360 g/mol. The Morgan fingerprint density at radius 1 is 0.862 bits per heavy atom. The van der Waals surface area contributed by atoms with Crippen molar-refractivity contribution in [2.24, 2.45) is 0 Å². The quantitative estimate of drug-likeness (QED) is 0.558. The second kappa shape index (κ2) is 9.24. The highest BCUT2D eigenvalue weighted by molar-refractivity contribution is 6.04. The van der Waals surface area contributed by atoms with Crippen LogP contribution in [-0.4, -0.2) is 24.0 Å². The van der Waals surface area contributed by atoms with Gasteiger partial charge in [-0.05, 0) is 81.3 Å². The smallest absolute Gasteiger partial charge is 0.257 e. The van der Waals surface area contributed by atoms with Crippen molar-refractivity contribution in [3.8, 4) is 0 Å². The van der Waals surface area contributed by atoms with Gasteiger partial charge in [0.25, 0.3) is 5.91 Å². The number of hydrogen-bond acceptors (Lipinski definition) is 4. The van der Waals surface area contributed by atoms with Gasteiger partial charge in [0.15, 0.2) is 0 Å². The molecule has 5 nitrogen and oxygen atoms in total. The Labute approximate surface area is 172 Å². The van der Waals surface area contributed by atoms with E-state index in [4.69, 9.17) is 0 Å². The minimum Gasteiger partial charge on any atom is -0.372 e. The molecule has 3 rings (SSSR count). The number of carbonyl (C=O) groups excluding carboxylic acids is 1. The van der Waals surface area contributed by atoms with E-state index in [1.165, 1.54) is 11.1 Å². The molecular formula is C24H28N4O. The van der Waals surface area contributed by atoms with Crippen molar-refractivity contribution in [1.82, 2.24) is 4.98 Å². The minimum absolute atomic E-state index is 0.183. The molecule has 29 heavy (non-hydrogen) atoms. The van der Waals surface area contributed by atoms with Crippen molar-refractivity contribution >= 4 is 28.7 Å². The van der Waals surface area contributed by atoms with Gasteiger partial charge in [0, 0.05) is 36.3 Å². The lowest BCUT2D eigenvalue weighted by molar-refractivity contribution is 0.102. The second-order valence-corrected chi connectivity index (χ2v) is 7.14. The van der Waals surface area contributed by atoms with Crippen LogP contribution < -0.4 is 15.5 Å². The van der Waals surface area contributed by atoms with Crippen molar-refractivity contribution in [2.45, 2.75) is 27.7 Å². The van der Waals surface area contributed by atoms with E-state index in [2.05, 4.69) is 66.4 Å². The van der Waals surface area contributed by atoms with Crippen molar-refractivity contribution < 1.29 is 4.79 Å². The Bertz CT molecular complexity index is 958. The van der Waals surface area contributed by atoms with E-state index in [1.807, 2.05) is 30.3 Å². The molecule has 1 aromatic heterocycles. The SMILES string of the molecule is CCN(CC)c1ccc(NC(=O)c2cncc(Nc3cc(C)cc(C)c3)c2)cc1. The largest absolute Gasteiger partial charge is 0.372 e. The number of rotatable bonds is 7. The summed E-state index contributed by atoms with van der Waals surface area (Å²) in [6.07, 6.45) is 3.29. The fraction of sp³-hybridized carbons (Fsp3) is 0.250. The Morgan fingerprint density at radius 2 is 1.52 bits per heavy atom. The number of nitrogens with one attached hydrogen (secondary N) is 2. The fourth-order valence-corrected chi connectivity index (χ4v) is 3.39. The lowest BCUT2D eigenvalue weighted by Crippen LogP contribution is -2.21. The zero-order valence-electron chi connectivity index (χ0n) is 17.5. The maximum Gasteiger partial charge on any atom is 0.257 e. The van der Waals surface area contributed by atoms with Crippen LogP contribution in [0.3, 0.4) is 0 Å². The predicted molar refractivity (Wildman–Crippen MR) is 121 cm³/mol. The fourth-order valence-electron chi connectivity index (χ4n) is 3.39. The minimum atomic E-state index is -0.183. The Balaban J connectivity index is 1.70. The summed E-state index contributed by atoms with van der Waals surface area (Å²) in [5, 5.41) is 6.27. The third-order valence-electron chi connectivity index (χ3n) is 4.76. The van der Waals surface area contributed by atoms with Gasteiger partial charge in [-0.25, -0.2) is 0 Å². The number of carbonyl (C=O) groups is 1. The normalized spacial score (nSPS) is 10.5. The van der Waals surface area contributed by atoms with Gasteiger partial charge in [-0.2, -0.15) is 0 Å². The van der Waals surface area contributed by atoms with Gasteiger partial charge in [0.1, 0.15) is 0 Å². The summed E-state index contributed by atoms with van der Waals surface area (Å²) in [6, 6.07) is 16.0. The van der Waals surface area contributed by atoms with E-state index < -0.39 is 0 Å². The number of aryl methyl sites for hydroxylation is 2. The van der Waals surface area contributed by atoms with Gasteiger partial charge in [0.05, 0.1) is 17.4 Å². The number of amides is 1. The van der Waals surface area contributed by atoms with Gasteiger partial charge in [0.2, 0.25) is 0 Å². The van der Waals surface area contributed by atoms with E-state index in [-0.39, 0.29) is 5.91 Å². The number of anilines is 4. The van der Waals surface area contributed by atoms with E-state index in [9.17, 15) is 4.79 Å². The summed E-state index contributed by atoms with van der Waals surface area (Å²) in [5.41, 5.74) is 6.54. The van der Waals surface area contributed by atoms with Crippen LogP contribution >= 0.6 is 0 Å². The second-order valence-electron chi connectivity index (χ2n) is 7.14. The van der Waals surface area contributed by atoms with Crippen LogP contribution in [-0.2, 0) is 0 Å². The molecule has 0 saturated heterocycles. The van der Waals surface area contributed by atoms with Crippen molar-refractivity contribution in [2.75, 3.05) is 28.6 Å². The van der Waals surface area contributed by atoms with Crippen LogP contribution in [0, 0.1) is 13.8 Å². The van der Waals surface area contributed by atoms with E-state index in [0.717, 1.165) is 35.8 Å². The van der Waals surface area contributed by atoms with Crippen molar-refractivity contribution in [1.29, 1.82) is 0 Å². The predicted octanol–water partition coefficient (Wildman–Crippen LogP) is 5.54. The molecule has 0 aliphatic heterocycles. The lowest BCUT2D eigenvalue weighted by atomic mass is 10.1. The van der Waals surface area contributed by atoms with Crippen molar-refractivity contribution in [3.63, 3.8) is 0 Å². The number of pyridine rings is 1. The monoisotopic (exact) mass is 388 g/mol. The first-order chi connectivity index (χ1) is 14.0. The van der Waals surface area contributed by atoms with Gasteiger partial charge in [-0.1, -0.05) is 6.07 Å². The maximum atomic E-state index is 12.7. The summed E-state index contributed by atoms with van der Waals surface area (Å²) in [6.45, 7) is 10.3. The Kier molecular flexibility index (Phi) is 6.50. The number of hydrogen-bond donors (Lipinski definition) is 2. The molecule has 3 aromatic rings. The molecule has 0 bridgehead atoms. The Hall–Kier alpha value is -3.34. The van der Waals surface area contributed by atoms with Gasteiger partial charge >= 0.3 is 0 Å². The zero-order valence-corrected chi connectivity index (χ0v) is 17.5. The summed E-state index contributed by atoms with van der Waals surface area (Å²) < 4.78 is 0. The molecule has 150 valence electrons. The summed E-state index contributed by atoms with van der Waals surface area (Å²) in [7, 11) is 0. The van der Waals surface area contributed by atoms with Gasteiger partial charge in [-0.3, -0.25) is 9.78 Å². The van der Waals surface area contributed by atoms with E-state index in [0.29, 0.717) is 5.56 Å². The molecule has 0 aliphatic carbocycles. The maximum absolute atomic E-state index is 12.7. The first-order valence-corrected chi connectivity index (χ1v) is 9.95. The van der Waals surface area contributed by atoms with Crippen LogP contribution in [0.1, 0.15) is 35.3 Å². The summed E-state index contributed by atoms with van der Waals surface area (Å²) in [5.74, 6) is -0.183. The molecule has 0 spiro atoms. The lowest BCUT2D eigenvalue weighted by Gasteiger charge is -2.21. The highest BCUT2D eigenvalue weighted by Crippen LogP contribution is 2.21. The molecule has 2 aromatic carbocycles. The average Bonchev–Trinajstić information content (AvgIpc) is 2.69. The number of aromatic nitrogens is 1. The number of benzene rings is 2. The first kappa shape index (κ1) is 20.4. The van der Waals surface area contributed by atoms with Crippen LogP contribution in [0.2, 0.25) is 0 Å². The molecule has 1 amide bonds. The van der Waals surface area contributed by atoms with Crippen LogP contribution in [0.5, 0.6) is 0 Å². The van der Waals surface area contributed by atoms with Gasteiger partial charge < -0.3 is 15.5 Å². The molecule has 0 atom stereocenters. The average molecular weight is 389 g/mol. The zero-order chi connectivity index (χ0) is 20.8. The number of nitrogens with zero attached hydrogens (tertiary/aromatic N) is 2.